The summed E-state index contributed by atoms with van der Waals surface area (Å²) in [6.07, 6.45) is 5.93. The van der Waals surface area contributed by atoms with Crippen LogP contribution in [0.25, 0.3) is 27.7 Å². The number of hydrogen-bond acceptors (Lipinski definition) is 9. The van der Waals surface area contributed by atoms with Gasteiger partial charge in [0, 0.05) is 69.2 Å². The number of rotatable bonds is 2. The predicted molar refractivity (Wildman–Crippen MR) is 228 cm³/mol. The standard InChI is InChI=1S/C33H32FN7O5.C11H17ClN2O3/c1-33(2,3)46-32(45)41-16-20-12-21(41)15-40(20)31(44)38-9-8-37-17-23(22-11-19(34)10-18(14-38)28(22)37)26-27(30(43)36-29(26)42)24-13-35-25-6-4-5-7-39(24)25;1-11(2,3)17-10(16)14-6-7-4-8(14)5-13(7)9(12)15/h4-7,10-11,13,17,20-21H,8-9,12,14-16H2,1-3H3,(H,36,42,43);7-8H,4-6H2,1-3H3. The van der Waals surface area contributed by atoms with Crippen LogP contribution in [0.3, 0.4) is 0 Å². The maximum atomic E-state index is 15.3. The number of pyridine rings is 1. The molecule has 9 heterocycles. The highest BCUT2D eigenvalue weighted by Gasteiger charge is 2.50. The fraction of sp³-hybridized carbons (Fsp3) is 0.477. The van der Waals surface area contributed by atoms with Gasteiger partial charge < -0.3 is 38.5 Å². The predicted octanol–water partition coefficient (Wildman–Crippen LogP) is 5.66. The largest absolute Gasteiger partial charge is 0.444 e. The summed E-state index contributed by atoms with van der Waals surface area (Å²) in [6.45, 7) is 13.8. The van der Waals surface area contributed by atoms with Crippen LogP contribution in [0, 0.1) is 5.82 Å². The van der Waals surface area contributed by atoms with E-state index < -0.39 is 34.2 Å². The van der Waals surface area contributed by atoms with Crippen molar-refractivity contribution in [2.24, 2.45) is 0 Å². The fourth-order valence-electron chi connectivity index (χ4n) is 9.79. The van der Waals surface area contributed by atoms with Crippen molar-refractivity contribution in [3.63, 3.8) is 0 Å². The number of likely N-dealkylation sites (tertiary alicyclic amines) is 4. The third-order valence-corrected chi connectivity index (χ3v) is 12.6. The molecule has 3 aromatic heterocycles. The summed E-state index contributed by atoms with van der Waals surface area (Å²) in [6, 6.07) is 7.97. The van der Waals surface area contributed by atoms with Crippen molar-refractivity contribution >= 4 is 74.7 Å². The van der Waals surface area contributed by atoms with Crippen LogP contribution in [-0.4, -0.2) is 142 Å². The minimum Gasteiger partial charge on any atom is -0.444 e. The molecule has 332 valence electrons. The van der Waals surface area contributed by atoms with E-state index in [-0.39, 0.29) is 60.1 Å². The quantitative estimate of drug-likeness (QED) is 0.152. The van der Waals surface area contributed by atoms with E-state index >= 15 is 4.39 Å². The van der Waals surface area contributed by atoms with E-state index in [1.807, 2.05) is 63.1 Å². The number of imide groups is 1. The maximum Gasteiger partial charge on any atom is 0.410 e. The molecular formula is C44H49ClFN9O8. The molecule has 1 N–H and O–H groups in total. The van der Waals surface area contributed by atoms with Crippen LogP contribution < -0.4 is 5.32 Å². The Morgan fingerprint density at radius 1 is 0.794 bits per heavy atom. The second kappa shape index (κ2) is 15.3. The Morgan fingerprint density at radius 3 is 1.97 bits per heavy atom. The maximum absolute atomic E-state index is 15.3. The van der Waals surface area contributed by atoms with Gasteiger partial charge in [-0.25, -0.2) is 23.8 Å². The second-order valence-electron chi connectivity index (χ2n) is 18.9. The normalized spacial score (nSPS) is 22.9. The molecule has 4 saturated heterocycles. The Kier molecular flexibility index (Phi) is 10.2. The highest BCUT2D eigenvalue weighted by atomic mass is 35.5. The Labute approximate surface area is 367 Å². The SMILES string of the molecule is CC(C)(C)OC(=O)N1CC2CC1CN2C(=O)Cl.CC(C)(C)OC(=O)N1CC2CC1CN2C(=O)N1CCn2cc(C3=C(c4cnc5ccccn45)C(=O)NC3=O)c3cc(F)cc(c32)C1. The average Bonchev–Trinajstić information content (AvgIpc) is 4.07. The fourth-order valence-corrected chi connectivity index (χ4v) is 10.00. The number of aromatic nitrogens is 3. The van der Waals surface area contributed by atoms with Crippen LogP contribution in [0.2, 0.25) is 0 Å². The molecule has 4 fully saturated rings. The molecule has 1 aromatic carbocycles. The molecule has 0 saturated carbocycles. The molecule has 7 amide bonds. The summed E-state index contributed by atoms with van der Waals surface area (Å²) in [7, 11) is 0. The molecule has 4 aromatic rings. The highest BCUT2D eigenvalue weighted by molar-refractivity contribution is 6.62. The lowest BCUT2D eigenvalue weighted by Gasteiger charge is -2.37. The summed E-state index contributed by atoms with van der Waals surface area (Å²) in [5, 5.41) is 2.48. The van der Waals surface area contributed by atoms with Gasteiger partial charge in [-0.2, -0.15) is 0 Å². The summed E-state index contributed by atoms with van der Waals surface area (Å²) >= 11 is 5.46. The number of nitrogens with one attached hydrogen (secondary N) is 1. The first-order chi connectivity index (χ1) is 29.7. The summed E-state index contributed by atoms with van der Waals surface area (Å²) in [5.41, 5.74) is 2.09. The molecule has 63 heavy (non-hydrogen) atoms. The number of piperazine rings is 2. The highest BCUT2D eigenvalue weighted by Crippen LogP contribution is 2.40. The van der Waals surface area contributed by atoms with E-state index in [1.54, 1.807) is 48.7 Å². The van der Waals surface area contributed by atoms with Crippen molar-refractivity contribution in [3.05, 3.63) is 71.6 Å². The van der Waals surface area contributed by atoms with Crippen molar-refractivity contribution < 1.29 is 42.6 Å². The number of benzene rings is 1. The first-order valence-corrected chi connectivity index (χ1v) is 21.5. The van der Waals surface area contributed by atoms with Gasteiger partial charge in [0.1, 0.15) is 22.7 Å². The lowest BCUT2D eigenvalue weighted by molar-refractivity contribution is -0.122. The number of hydrogen-bond donors (Lipinski definition) is 1. The van der Waals surface area contributed by atoms with Crippen molar-refractivity contribution in [2.45, 2.75) is 103 Å². The van der Waals surface area contributed by atoms with Gasteiger partial charge in [0.05, 0.1) is 52.7 Å². The third kappa shape index (κ3) is 7.71. The molecule has 6 aliphatic heterocycles. The minimum absolute atomic E-state index is 0.0533. The van der Waals surface area contributed by atoms with Crippen LogP contribution in [0.5, 0.6) is 0 Å². The van der Waals surface area contributed by atoms with Gasteiger partial charge >= 0.3 is 23.6 Å². The lowest BCUT2D eigenvalue weighted by Crippen LogP contribution is -2.54. The molecule has 10 rings (SSSR count). The van der Waals surface area contributed by atoms with E-state index in [9.17, 15) is 28.8 Å². The molecule has 0 radical (unpaired) electrons. The Hall–Kier alpha value is -6.17. The number of carbonyl (C=O) groups is 6. The number of nitrogens with zero attached hydrogens (tertiary/aromatic N) is 8. The number of amides is 7. The van der Waals surface area contributed by atoms with Crippen molar-refractivity contribution in [1.82, 2.24) is 43.8 Å². The minimum atomic E-state index is -0.601. The van der Waals surface area contributed by atoms with Crippen LogP contribution in [-0.2, 0) is 32.2 Å². The number of carbonyl (C=O) groups excluding carboxylic acids is 6. The zero-order chi connectivity index (χ0) is 44.9. The van der Waals surface area contributed by atoms with Gasteiger partial charge in [-0.3, -0.25) is 24.1 Å². The second-order valence-corrected chi connectivity index (χ2v) is 19.2. The summed E-state index contributed by atoms with van der Waals surface area (Å²) in [4.78, 5) is 89.0. The summed E-state index contributed by atoms with van der Waals surface area (Å²) in [5.74, 6) is -1.61. The monoisotopic (exact) mass is 885 g/mol. The molecule has 0 aliphatic carbocycles. The first-order valence-electron chi connectivity index (χ1n) is 21.1. The zero-order valence-electron chi connectivity index (χ0n) is 35.9. The van der Waals surface area contributed by atoms with Crippen molar-refractivity contribution in [2.75, 3.05) is 32.7 Å². The van der Waals surface area contributed by atoms with Gasteiger partial charge in [-0.05, 0) is 95.8 Å². The number of fused-ring (bicyclic) bond motifs is 5. The van der Waals surface area contributed by atoms with Gasteiger partial charge in [0.2, 0.25) is 0 Å². The molecule has 19 heteroatoms. The Balaban J connectivity index is 0.000000249. The van der Waals surface area contributed by atoms with Gasteiger partial charge in [0.15, 0.2) is 0 Å². The third-order valence-electron chi connectivity index (χ3n) is 12.3. The number of imidazole rings is 1. The molecule has 6 aliphatic rings. The van der Waals surface area contributed by atoms with E-state index in [2.05, 4.69) is 10.3 Å². The van der Waals surface area contributed by atoms with Gasteiger partial charge in [0.25, 0.3) is 11.8 Å². The van der Waals surface area contributed by atoms with Gasteiger partial charge in [-0.15, -0.1) is 0 Å². The van der Waals surface area contributed by atoms with Gasteiger partial charge in [-0.1, -0.05) is 6.07 Å². The summed E-state index contributed by atoms with van der Waals surface area (Å²) < 4.78 is 29.8. The lowest BCUT2D eigenvalue weighted by atomic mass is 9.98. The van der Waals surface area contributed by atoms with Crippen molar-refractivity contribution in [3.8, 4) is 0 Å². The molecule has 17 nitrogen and oxygen atoms in total. The molecule has 4 atom stereocenters. The molecule has 0 spiro atoms. The Bertz CT molecular complexity index is 2650. The number of ether oxygens (including phenoxy) is 2. The van der Waals surface area contributed by atoms with Crippen LogP contribution in [0.4, 0.5) is 23.6 Å². The van der Waals surface area contributed by atoms with E-state index in [0.29, 0.717) is 79.1 Å². The van der Waals surface area contributed by atoms with E-state index in [4.69, 9.17) is 21.1 Å². The molecule has 4 unspecified atom stereocenters. The van der Waals surface area contributed by atoms with Crippen molar-refractivity contribution in [1.29, 1.82) is 0 Å². The van der Waals surface area contributed by atoms with Crippen LogP contribution >= 0.6 is 11.6 Å². The topological polar surface area (TPSA) is 171 Å². The number of halogens is 2. The number of urea groups is 1. The van der Waals surface area contributed by atoms with E-state index in [0.717, 1.165) is 6.42 Å². The molecular weight excluding hydrogens is 837 g/mol. The van der Waals surface area contributed by atoms with Crippen LogP contribution in [0.15, 0.2) is 48.9 Å². The van der Waals surface area contributed by atoms with E-state index in [1.165, 1.54) is 12.1 Å². The zero-order valence-corrected chi connectivity index (χ0v) is 36.6. The first kappa shape index (κ1) is 42.1. The average molecular weight is 886 g/mol. The Morgan fingerprint density at radius 2 is 1.38 bits per heavy atom. The van der Waals surface area contributed by atoms with Crippen LogP contribution in [0.1, 0.15) is 71.2 Å². The molecule has 4 bridgehead atoms. The smallest absolute Gasteiger partial charge is 0.410 e.